The Morgan fingerprint density at radius 1 is 1.12 bits per heavy atom. The summed E-state index contributed by atoms with van der Waals surface area (Å²) in [6.45, 7) is 2.40. The lowest BCUT2D eigenvalue weighted by molar-refractivity contribution is 0.303. The Balaban J connectivity index is 1.39. The minimum absolute atomic E-state index is 0.179. The van der Waals surface area contributed by atoms with Gasteiger partial charge in [0.2, 0.25) is 0 Å². The van der Waals surface area contributed by atoms with Crippen molar-refractivity contribution in [3.8, 4) is 0 Å². The molecule has 128 valence electrons. The zero-order chi connectivity index (χ0) is 16.6. The third-order valence-corrected chi connectivity index (χ3v) is 6.79. The molecule has 2 heterocycles. The van der Waals surface area contributed by atoms with E-state index in [0.717, 1.165) is 25.9 Å². The van der Waals surface area contributed by atoms with Gasteiger partial charge in [-0.1, -0.05) is 18.2 Å². The Kier molecular flexibility index (Phi) is 4.18. The van der Waals surface area contributed by atoms with Crippen LogP contribution in [-0.2, 0) is 22.7 Å². The van der Waals surface area contributed by atoms with Crippen LogP contribution in [0.4, 0.5) is 0 Å². The first kappa shape index (κ1) is 15.8. The van der Waals surface area contributed by atoms with Gasteiger partial charge in [-0.2, -0.15) is 5.10 Å². The van der Waals surface area contributed by atoms with E-state index in [1.54, 1.807) is 24.3 Å². The van der Waals surface area contributed by atoms with Gasteiger partial charge in [0.1, 0.15) is 0 Å². The molecule has 1 saturated carbocycles. The molecule has 2 aliphatic rings. The normalized spacial score (nSPS) is 19.0. The molecule has 1 aliphatic heterocycles. The summed E-state index contributed by atoms with van der Waals surface area (Å²) in [5.74, 6) is 0.841. The number of benzene rings is 1. The largest absolute Gasteiger partial charge is 0.302 e. The van der Waals surface area contributed by atoms with Gasteiger partial charge < -0.3 is 4.90 Å². The fraction of sp³-hybridized carbons (Fsp3) is 0.500. The summed E-state index contributed by atoms with van der Waals surface area (Å²) in [5, 5.41) is 7.72. The van der Waals surface area contributed by atoms with Gasteiger partial charge in [0.25, 0.3) is 0 Å². The topological polar surface area (TPSA) is 66.1 Å². The summed E-state index contributed by atoms with van der Waals surface area (Å²) < 4.78 is 24.9. The van der Waals surface area contributed by atoms with E-state index in [1.807, 2.05) is 6.07 Å². The lowest BCUT2D eigenvalue weighted by atomic mass is 10.1. The van der Waals surface area contributed by atoms with E-state index in [0.29, 0.717) is 17.4 Å². The molecule has 5 nitrogen and oxygen atoms in total. The molecule has 6 heteroatoms. The maximum absolute atomic E-state index is 12.4. The minimum atomic E-state index is -3.20. The van der Waals surface area contributed by atoms with Gasteiger partial charge in [-0.3, -0.25) is 5.10 Å². The van der Waals surface area contributed by atoms with Crippen LogP contribution in [0, 0.1) is 0 Å². The van der Waals surface area contributed by atoms with E-state index in [1.165, 1.54) is 29.8 Å². The average molecular weight is 345 g/mol. The van der Waals surface area contributed by atoms with Gasteiger partial charge in [-0.05, 0) is 37.0 Å². The minimum Gasteiger partial charge on any atom is -0.302 e. The smallest absolute Gasteiger partial charge is 0.179 e. The number of sulfone groups is 1. The number of rotatable bonds is 5. The number of aromatic amines is 1. The van der Waals surface area contributed by atoms with Crippen LogP contribution in [0.3, 0.4) is 0 Å². The second-order valence-electron chi connectivity index (χ2n) is 6.81. The average Bonchev–Trinajstić information content (AvgIpc) is 3.39. The number of aromatic nitrogens is 2. The number of nitrogens with one attached hydrogen (secondary N) is 1. The number of fused-ring (bicyclic) bond motifs is 1. The number of H-pyrrole nitrogens is 1. The van der Waals surface area contributed by atoms with Crippen molar-refractivity contribution in [1.82, 2.24) is 15.1 Å². The molecule has 1 N–H and O–H groups in total. The molecule has 0 saturated heterocycles. The molecule has 1 fully saturated rings. The summed E-state index contributed by atoms with van der Waals surface area (Å²) >= 11 is 0. The van der Waals surface area contributed by atoms with Crippen molar-refractivity contribution < 1.29 is 8.42 Å². The standard InChI is InChI=1S/C18H23N3O2S/c22-24(23,15-4-2-1-3-5-15)13-12-21-10-8-16-17(9-11-21)19-20-18(16)14-6-7-14/h1-5,14H,6-13H2,(H,19,20). The van der Waals surface area contributed by atoms with Crippen molar-refractivity contribution in [2.75, 3.05) is 25.4 Å². The summed E-state index contributed by atoms with van der Waals surface area (Å²) in [7, 11) is -3.20. The van der Waals surface area contributed by atoms with E-state index in [-0.39, 0.29) is 5.75 Å². The Bertz CT molecular complexity index is 810. The Morgan fingerprint density at radius 3 is 2.62 bits per heavy atom. The third-order valence-electron chi connectivity index (χ3n) is 5.08. The van der Waals surface area contributed by atoms with E-state index >= 15 is 0 Å². The van der Waals surface area contributed by atoms with Crippen LogP contribution >= 0.6 is 0 Å². The van der Waals surface area contributed by atoms with Crippen LogP contribution in [0.25, 0.3) is 0 Å². The second kappa shape index (κ2) is 6.33. The van der Waals surface area contributed by atoms with Crippen LogP contribution in [0.1, 0.15) is 35.7 Å². The highest BCUT2D eigenvalue weighted by molar-refractivity contribution is 7.91. The summed E-state index contributed by atoms with van der Waals surface area (Å²) in [4.78, 5) is 2.69. The summed E-state index contributed by atoms with van der Waals surface area (Å²) in [6.07, 6.45) is 4.43. The number of nitrogens with zero attached hydrogens (tertiary/aromatic N) is 2. The second-order valence-corrected chi connectivity index (χ2v) is 8.92. The van der Waals surface area contributed by atoms with Crippen LogP contribution in [-0.4, -0.2) is 48.9 Å². The summed E-state index contributed by atoms with van der Waals surface area (Å²) in [6, 6.07) is 8.74. The highest BCUT2D eigenvalue weighted by Gasteiger charge is 2.31. The van der Waals surface area contributed by atoms with E-state index in [9.17, 15) is 8.42 Å². The van der Waals surface area contributed by atoms with Gasteiger partial charge in [0, 0.05) is 37.7 Å². The predicted molar refractivity (Wildman–Crippen MR) is 92.9 cm³/mol. The van der Waals surface area contributed by atoms with E-state index < -0.39 is 9.84 Å². The summed E-state index contributed by atoms with van der Waals surface area (Å²) in [5.41, 5.74) is 3.92. The number of hydrogen-bond acceptors (Lipinski definition) is 4. The molecular weight excluding hydrogens is 322 g/mol. The monoisotopic (exact) mass is 345 g/mol. The molecule has 4 rings (SSSR count). The van der Waals surface area contributed by atoms with E-state index in [2.05, 4.69) is 15.1 Å². The molecule has 0 bridgehead atoms. The highest BCUT2D eigenvalue weighted by Crippen LogP contribution is 2.41. The Morgan fingerprint density at radius 2 is 1.88 bits per heavy atom. The van der Waals surface area contributed by atoms with Crippen molar-refractivity contribution in [2.24, 2.45) is 0 Å². The molecule has 0 amide bonds. The molecule has 0 atom stereocenters. The molecule has 24 heavy (non-hydrogen) atoms. The molecule has 1 aromatic carbocycles. The maximum atomic E-state index is 12.4. The fourth-order valence-corrected chi connectivity index (χ4v) is 4.77. The molecule has 2 aromatic rings. The molecule has 0 radical (unpaired) electrons. The van der Waals surface area contributed by atoms with Gasteiger partial charge in [0.05, 0.1) is 16.3 Å². The van der Waals surface area contributed by atoms with Crippen molar-refractivity contribution in [2.45, 2.75) is 36.5 Å². The van der Waals surface area contributed by atoms with E-state index in [4.69, 9.17) is 0 Å². The maximum Gasteiger partial charge on any atom is 0.179 e. The van der Waals surface area contributed by atoms with Gasteiger partial charge in [0.15, 0.2) is 9.84 Å². The van der Waals surface area contributed by atoms with Crippen LogP contribution in [0.15, 0.2) is 35.2 Å². The van der Waals surface area contributed by atoms with Crippen LogP contribution in [0.2, 0.25) is 0 Å². The van der Waals surface area contributed by atoms with Crippen LogP contribution in [0.5, 0.6) is 0 Å². The lowest BCUT2D eigenvalue weighted by Gasteiger charge is -2.19. The lowest BCUT2D eigenvalue weighted by Crippen LogP contribution is -2.31. The first-order valence-electron chi connectivity index (χ1n) is 8.69. The SMILES string of the molecule is O=S(=O)(CCN1CCc2[nH]nc(C3CC3)c2CC1)c1ccccc1. The Hall–Kier alpha value is -1.66. The van der Waals surface area contributed by atoms with Crippen molar-refractivity contribution in [1.29, 1.82) is 0 Å². The van der Waals surface area contributed by atoms with Gasteiger partial charge in [-0.15, -0.1) is 0 Å². The fourth-order valence-electron chi connectivity index (χ4n) is 3.47. The quantitative estimate of drug-likeness (QED) is 0.902. The first-order valence-corrected chi connectivity index (χ1v) is 10.3. The molecule has 1 aromatic heterocycles. The van der Waals surface area contributed by atoms with Crippen molar-refractivity contribution >= 4 is 9.84 Å². The molecule has 0 unspecified atom stereocenters. The van der Waals surface area contributed by atoms with Crippen LogP contribution < -0.4 is 0 Å². The first-order chi connectivity index (χ1) is 11.6. The molecular formula is C18H23N3O2S. The predicted octanol–water partition coefficient (Wildman–Crippen LogP) is 2.16. The Labute approximate surface area is 143 Å². The van der Waals surface area contributed by atoms with Crippen molar-refractivity contribution in [3.05, 3.63) is 47.3 Å². The van der Waals surface area contributed by atoms with Gasteiger partial charge in [-0.25, -0.2) is 8.42 Å². The zero-order valence-electron chi connectivity index (χ0n) is 13.7. The third kappa shape index (κ3) is 3.26. The molecule has 1 aliphatic carbocycles. The highest BCUT2D eigenvalue weighted by atomic mass is 32.2. The molecule has 0 spiro atoms. The number of hydrogen-bond donors (Lipinski definition) is 1. The van der Waals surface area contributed by atoms with Crippen molar-refractivity contribution in [3.63, 3.8) is 0 Å². The zero-order valence-corrected chi connectivity index (χ0v) is 14.6. The van der Waals surface area contributed by atoms with Gasteiger partial charge >= 0.3 is 0 Å².